The summed E-state index contributed by atoms with van der Waals surface area (Å²) in [5.41, 5.74) is 1.13. The number of hydrogen-bond donors (Lipinski definition) is 1. The first-order valence-corrected chi connectivity index (χ1v) is 7.75. The Kier molecular flexibility index (Phi) is 8.42. The Balaban J connectivity index is 2.48. The van der Waals surface area contributed by atoms with Gasteiger partial charge in [0.05, 0.1) is 13.2 Å². The Morgan fingerprint density at radius 1 is 1.00 bits per heavy atom. The lowest BCUT2D eigenvalue weighted by atomic mass is 10.1. The molecule has 0 aliphatic heterocycles. The number of amides is 1. The fourth-order valence-corrected chi connectivity index (χ4v) is 2.00. The van der Waals surface area contributed by atoms with Crippen LogP contribution in [0.4, 0.5) is 0 Å². The highest BCUT2D eigenvalue weighted by Gasteiger charge is 2.30. The average Bonchev–Trinajstić information content (AvgIpc) is 2.54. The van der Waals surface area contributed by atoms with Gasteiger partial charge in [-0.1, -0.05) is 30.3 Å². The maximum Gasteiger partial charge on any atom is 0.340 e. The minimum atomic E-state index is -1.40. The zero-order valence-corrected chi connectivity index (χ0v) is 13.5. The largest absolute Gasteiger partial charge is 0.464 e. The molecule has 0 saturated carbocycles. The number of benzene rings is 1. The molecule has 0 bridgehead atoms. The number of rotatable bonds is 9. The van der Waals surface area contributed by atoms with Crippen molar-refractivity contribution in [3.05, 3.63) is 35.9 Å². The number of ether oxygens (including phenoxy) is 2. The van der Waals surface area contributed by atoms with E-state index in [1.807, 2.05) is 30.3 Å². The first-order chi connectivity index (χ1) is 11.1. The first-order valence-electron chi connectivity index (χ1n) is 7.75. The summed E-state index contributed by atoms with van der Waals surface area (Å²) in [5.74, 6) is -1.99. The van der Waals surface area contributed by atoms with Crippen LogP contribution in [-0.2, 0) is 30.3 Å². The van der Waals surface area contributed by atoms with Crippen LogP contribution in [0.15, 0.2) is 30.3 Å². The van der Waals surface area contributed by atoms with Crippen LogP contribution in [-0.4, -0.2) is 37.1 Å². The highest BCUT2D eigenvalue weighted by molar-refractivity contribution is 6.02. The van der Waals surface area contributed by atoms with E-state index in [0.717, 1.165) is 12.0 Å². The Morgan fingerprint density at radius 2 is 1.57 bits per heavy atom. The maximum atomic E-state index is 11.9. The van der Waals surface area contributed by atoms with Crippen LogP contribution in [0.3, 0.4) is 0 Å². The molecule has 0 heterocycles. The van der Waals surface area contributed by atoms with E-state index in [1.165, 1.54) is 0 Å². The van der Waals surface area contributed by atoms with Crippen LogP contribution < -0.4 is 5.32 Å². The molecule has 126 valence electrons. The van der Waals surface area contributed by atoms with Crippen LogP contribution in [0.5, 0.6) is 0 Å². The number of carbonyl (C=O) groups excluding carboxylic acids is 3. The second kappa shape index (κ2) is 10.4. The minimum Gasteiger partial charge on any atom is -0.464 e. The maximum absolute atomic E-state index is 11.9. The molecule has 0 atom stereocenters. The summed E-state index contributed by atoms with van der Waals surface area (Å²) in [6.07, 6.45) is 1.58. The monoisotopic (exact) mass is 321 g/mol. The van der Waals surface area contributed by atoms with E-state index in [9.17, 15) is 14.4 Å². The van der Waals surface area contributed by atoms with E-state index in [1.54, 1.807) is 13.8 Å². The van der Waals surface area contributed by atoms with Gasteiger partial charge in [0.15, 0.2) is 0 Å². The average molecular weight is 321 g/mol. The quantitative estimate of drug-likeness (QED) is 0.552. The van der Waals surface area contributed by atoms with E-state index in [4.69, 9.17) is 9.47 Å². The molecular formula is C17H23NO5. The summed E-state index contributed by atoms with van der Waals surface area (Å²) >= 11 is 0. The number of nitrogens with one attached hydrogen (secondary N) is 1. The van der Waals surface area contributed by atoms with Gasteiger partial charge >= 0.3 is 11.9 Å². The van der Waals surface area contributed by atoms with E-state index in [2.05, 4.69) is 5.32 Å². The van der Waals surface area contributed by atoms with E-state index in [-0.39, 0.29) is 25.5 Å². The molecule has 1 aromatic carbocycles. The van der Waals surface area contributed by atoms with Gasteiger partial charge < -0.3 is 14.8 Å². The molecule has 0 spiro atoms. The standard InChI is InChI=1S/C17H23NO5/c1-3-22-16(20)15(17(21)23-4-2)18-14(19)12-8-11-13-9-6-5-7-10-13/h5-7,9-10,15H,3-4,8,11-12H2,1-2H3,(H,18,19). The predicted octanol–water partition coefficient (Wildman–Crippen LogP) is 1.62. The summed E-state index contributed by atoms with van der Waals surface area (Å²) in [7, 11) is 0. The fourth-order valence-electron chi connectivity index (χ4n) is 2.00. The van der Waals surface area contributed by atoms with Gasteiger partial charge in [-0.15, -0.1) is 0 Å². The van der Waals surface area contributed by atoms with Crippen molar-refractivity contribution in [1.82, 2.24) is 5.32 Å². The third kappa shape index (κ3) is 6.95. The molecule has 1 rings (SSSR count). The molecule has 0 saturated heterocycles. The number of aryl methyl sites for hydroxylation is 1. The van der Waals surface area contributed by atoms with Crippen molar-refractivity contribution in [2.45, 2.75) is 39.2 Å². The Bertz CT molecular complexity index is 497. The lowest BCUT2D eigenvalue weighted by Crippen LogP contribution is -2.48. The zero-order chi connectivity index (χ0) is 17.1. The Labute approximate surface area is 136 Å². The van der Waals surface area contributed by atoms with Crippen LogP contribution in [0.2, 0.25) is 0 Å². The van der Waals surface area contributed by atoms with Crippen LogP contribution in [0, 0.1) is 0 Å². The van der Waals surface area contributed by atoms with Crippen molar-refractivity contribution in [3.63, 3.8) is 0 Å². The van der Waals surface area contributed by atoms with Gasteiger partial charge in [0.25, 0.3) is 0 Å². The smallest absolute Gasteiger partial charge is 0.340 e. The minimum absolute atomic E-state index is 0.124. The summed E-state index contributed by atoms with van der Waals surface area (Å²) < 4.78 is 9.58. The molecule has 1 amide bonds. The molecule has 6 heteroatoms. The van der Waals surface area contributed by atoms with Crippen molar-refractivity contribution < 1.29 is 23.9 Å². The molecule has 0 radical (unpaired) electrons. The molecule has 0 fully saturated rings. The van der Waals surface area contributed by atoms with E-state index in [0.29, 0.717) is 6.42 Å². The Morgan fingerprint density at radius 3 is 2.09 bits per heavy atom. The van der Waals surface area contributed by atoms with Gasteiger partial charge in [0.2, 0.25) is 11.9 Å². The van der Waals surface area contributed by atoms with Crippen LogP contribution in [0.1, 0.15) is 32.3 Å². The third-order valence-corrected chi connectivity index (χ3v) is 3.06. The molecule has 23 heavy (non-hydrogen) atoms. The van der Waals surface area contributed by atoms with Crippen molar-refractivity contribution in [2.24, 2.45) is 0 Å². The summed E-state index contributed by atoms with van der Waals surface area (Å²) in [4.78, 5) is 35.4. The second-order valence-electron chi connectivity index (χ2n) is 4.84. The number of carbonyl (C=O) groups is 3. The molecule has 6 nitrogen and oxygen atoms in total. The van der Waals surface area contributed by atoms with Gasteiger partial charge in [-0.2, -0.15) is 0 Å². The summed E-state index contributed by atoms with van der Waals surface area (Å²) in [6, 6.07) is 8.37. The summed E-state index contributed by atoms with van der Waals surface area (Å²) in [6.45, 7) is 3.50. The molecule has 0 aromatic heterocycles. The molecular weight excluding hydrogens is 298 g/mol. The SMILES string of the molecule is CCOC(=O)C(NC(=O)CCCc1ccccc1)C(=O)OCC. The Hall–Kier alpha value is -2.37. The van der Waals surface area contributed by atoms with Crippen LogP contribution in [0.25, 0.3) is 0 Å². The summed E-state index contributed by atoms with van der Waals surface area (Å²) in [5, 5.41) is 2.38. The van der Waals surface area contributed by atoms with Crippen molar-refractivity contribution >= 4 is 17.8 Å². The van der Waals surface area contributed by atoms with E-state index < -0.39 is 18.0 Å². The second-order valence-corrected chi connectivity index (χ2v) is 4.84. The van der Waals surface area contributed by atoms with Gasteiger partial charge in [0.1, 0.15) is 0 Å². The van der Waals surface area contributed by atoms with Crippen molar-refractivity contribution in [3.8, 4) is 0 Å². The molecule has 1 aromatic rings. The highest BCUT2D eigenvalue weighted by Crippen LogP contribution is 2.05. The van der Waals surface area contributed by atoms with Gasteiger partial charge in [-0.3, -0.25) is 4.79 Å². The molecule has 1 N–H and O–H groups in total. The first kappa shape index (κ1) is 18.7. The lowest BCUT2D eigenvalue weighted by Gasteiger charge is -2.15. The zero-order valence-electron chi connectivity index (χ0n) is 13.5. The third-order valence-electron chi connectivity index (χ3n) is 3.06. The van der Waals surface area contributed by atoms with E-state index >= 15 is 0 Å². The lowest BCUT2D eigenvalue weighted by molar-refractivity contribution is -0.159. The van der Waals surface area contributed by atoms with Crippen LogP contribution >= 0.6 is 0 Å². The van der Waals surface area contributed by atoms with Crippen molar-refractivity contribution in [1.29, 1.82) is 0 Å². The molecule has 0 aliphatic rings. The van der Waals surface area contributed by atoms with Gasteiger partial charge in [-0.25, -0.2) is 9.59 Å². The highest BCUT2D eigenvalue weighted by atomic mass is 16.6. The van der Waals surface area contributed by atoms with Gasteiger partial charge in [-0.05, 0) is 32.3 Å². The number of hydrogen-bond acceptors (Lipinski definition) is 5. The fraction of sp³-hybridized carbons (Fsp3) is 0.471. The van der Waals surface area contributed by atoms with Crippen molar-refractivity contribution in [2.75, 3.05) is 13.2 Å². The normalized spacial score (nSPS) is 10.2. The van der Waals surface area contributed by atoms with Gasteiger partial charge in [0, 0.05) is 6.42 Å². The molecule has 0 unspecified atom stereocenters. The molecule has 0 aliphatic carbocycles. The predicted molar refractivity (Wildman–Crippen MR) is 84.6 cm³/mol. The number of esters is 2. The topological polar surface area (TPSA) is 81.7 Å².